The Bertz CT molecular complexity index is 1980. The first-order valence-corrected chi connectivity index (χ1v) is 15.3. The van der Waals surface area contributed by atoms with Crippen molar-refractivity contribution in [3.8, 4) is 0 Å². The Morgan fingerprint density at radius 2 is 1.79 bits per heavy atom. The van der Waals surface area contributed by atoms with Gasteiger partial charge in [0, 0.05) is 23.2 Å². The van der Waals surface area contributed by atoms with E-state index in [2.05, 4.69) is 19.7 Å². The lowest BCUT2D eigenvalue weighted by Gasteiger charge is -2.17. The summed E-state index contributed by atoms with van der Waals surface area (Å²) in [6.45, 7) is 4.16. The topological polar surface area (TPSA) is 130 Å². The Morgan fingerprint density at radius 3 is 2.48 bits per heavy atom. The predicted octanol–water partition coefficient (Wildman–Crippen LogP) is 5.49. The number of benzene rings is 3. The van der Waals surface area contributed by atoms with E-state index in [1.165, 1.54) is 22.8 Å². The second-order valence-corrected chi connectivity index (χ2v) is 12.2. The van der Waals surface area contributed by atoms with Crippen molar-refractivity contribution in [1.29, 1.82) is 0 Å². The van der Waals surface area contributed by atoms with Gasteiger partial charge in [-0.15, -0.1) is 0 Å². The zero-order chi connectivity index (χ0) is 30.0. The highest BCUT2D eigenvalue weighted by atomic mass is 35.5. The summed E-state index contributed by atoms with van der Waals surface area (Å²) in [7, 11) is -3.90. The first-order valence-electron chi connectivity index (χ1n) is 13.4. The highest BCUT2D eigenvalue weighted by molar-refractivity contribution is 7.92. The average molecular weight is 610 g/mol. The van der Waals surface area contributed by atoms with Crippen LogP contribution in [0.3, 0.4) is 0 Å². The molecule has 0 bridgehead atoms. The van der Waals surface area contributed by atoms with Crippen LogP contribution in [0.4, 0.5) is 10.1 Å². The number of sulfonamides is 1. The van der Waals surface area contributed by atoms with Gasteiger partial charge < -0.3 is 4.98 Å². The third kappa shape index (κ3) is 6.02. The lowest BCUT2D eigenvalue weighted by Crippen LogP contribution is -2.30. The van der Waals surface area contributed by atoms with E-state index in [0.29, 0.717) is 40.6 Å². The number of nitrogens with one attached hydrogen (secondary N) is 3. The molecule has 3 aromatic carbocycles. The molecule has 12 heteroatoms. The summed E-state index contributed by atoms with van der Waals surface area (Å²) in [6.07, 6.45) is 1.75. The standard InChI is InChI=1S/C30H29ClFN5O4S/c1-3-4-15-37-28-26(29(38)35-30(37)39)33-27(34-28)23(16-20-7-5-6-8-25(20)32)19-10-12-21(13-11-19)36-42(40,41)22-14-9-18(2)24(31)17-22/h5-14,17,23,36H,3-4,15-16H2,1-2H3,(H,33,34)(H,35,38,39)/t23-/m1/s1. The number of fused-ring (bicyclic) bond motifs is 1. The van der Waals surface area contributed by atoms with Crippen LogP contribution in [-0.4, -0.2) is 27.9 Å². The Morgan fingerprint density at radius 1 is 1.05 bits per heavy atom. The van der Waals surface area contributed by atoms with Gasteiger partial charge in [-0.05, 0) is 66.8 Å². The van der Waals surface area contributed by atoms with Gasteiger partial charge >= 0.3 is 5.69 Å². The monoisotopic (exact) mass is 609 g/mol. The molecule has 42 heavy (non-hydrogen) atoms. The third-order valence-corrected chi connectivity index (χ3v) is 8.90. The van der Waals surface area contributed by atoms with Crippen LogP contribution in [0.25, 0.3) is 11.2 Å². The number of anilines is 1. The molecule has 1 atom stereocenters. The van der Waals surface area contributed by atoms with Crippen molar-refractivity contribution in [3.05, 3.63) is 121 Å². The summed E-state index contributed by atoms with van der Waals surface area (Å²) < 4.78 is 44.7. The van der Waals surface area contributed by atoms with E-state index < -0.39 is 33.0 Å². The van der Waals surface area contributed by atoms with Crippen molar-refractivity contribution in [3.63, 3.8) is 0 Å². The van der Waals surface area contributed by atoms with Crippen LogP contribution >= 0.6 is 11.6 Å². The molecule has 0 aliphatic rings. The fourth-order valence-electron chi connectivity index (χ4n) is 4.74. The summed E-state index contributed by atoms with van der Waals surface area (Å²) in [6, 6.07) is 17.5. The van der Waals surface area contributed by atoms with E-state index in [4.69, 9.17) is 11.6 Å². The normalized spacial score (nSPS) is 12.5. The summed E-state index contributed by atoms with van der Waals surface area (Å²) in [5.41, 5.74) is 1.44. The molecule has 5 rings (SSSR count). The van der Waals surface area contributed by atoms with Crippen molar-refractivity contribution in [2.45, 2.75) is 50.5 Å². The molecule has 0 unspecified atom stereocenters. The molecule has 0 saturated heterocycles. The van der Waals surface area contributed by atoms with E-state index in [-0.39, 0.29) is 22.5 Å². The molecule has 9 nitrogen and oxygen atoms in total. The number of aromatic amines is 2. The zero-order valence-corrected chi connectivity index (χ0v) is 24.5. The second kappa shape index (κ2) is 11.9. The number of imidazole rings is 1. The van der Waals surface area contributed by atoms with Gasteiger partial charge in [-0.2, -0.15) is 0 Å². The van der Waals surface area contributed by atoms with Crippen LogP contribution in [0.1, 0.15) is 48.2 Å². The number of aryl methyl sites for hydroxylation is 2. The molecule has 0 spiro atoms. The van der Waals surface area contributed by atoms with Crippen LogP contribution in [0.15, 0.2) is 81.2 Å². The second-order valence-electron chi connectivity index (χ2n) is 10.1. The number of hydrogen-bond donors (Lipinski definition) is 3. The number of H-pyrrole nitrogens is 2. The van der Waals surface area contributed by atoms with E-state index in [1.807, 2.05) is 6.92 Å². The van der Waals surface area contributed by atoms with Gasteiger partial charge in [-0.1, -0.05) is 61.3 Å². The Labute approximate surface area is 246 Å². The number of rotatable bonds is 10. The van der Waals surface area contributed by atoms with Crippen LogP contribution in [0, 0.1) is 12.7 Å². The highest BCUT2D eigenvalue weighted by Gasteiger charge is 2.23. The maximum Gasteiger partial charge on any atom is 0.330 e. The minimum Gasteiger partial charge on any atom is -0.336 e. The summed E-state index contributed by atoms with van der Waals surface area (Å²) in [4.78, 5) is 35.3. The lowest BCUT2D eigenvalue weighted by molar-refractivity contribution is 0.597. The molecular weight excluding hydrogens is 581 g/mol. The van der Waals surface area contributed by atoms with Crippen LogP contribution < -0.4 is 16.0 Å². The summed E-state index contributed by atoms with van der Waals surface area (Å²) in [5, 5.41) is 0.342. The first-order chi connectivity index (χ1) is 20.1. The highest BCUT2D eigenvalue weighted by Crippen LogP contribution is 2.30. The minimum atomic E-state index is -3.90. The van der Waals surface area contributed by atoms with Crippen molar-refractivity contribution in [2.75, 3.05) is 4.72 Å². The fraction of sp³-hybridized carbons (Fsp3) is 0.233. The molecule has 218 valence electrons. The molecule has 2 aromatic heterocycles. The molecule has 3 N–H and O–H groups in total. The molecule has 0 fully saturated rings. The largest absolute Gasteiger partial charge is 0.336 e. The number of aromatic nitrogens is 4. The van der Waals surface area contributed by atoms with Gasteiger partial charge in [0.25, 0.3) is 15.6 Å². The summed E-state index contributed by atoms with van der Waals surface area (Å²) in [5.74, 6) is -0.570. The number of hydrogen-bond acceptors (Lipinski definition) is 5. The van der Waals surface area contributed by atoms with Crippen molar-refractivity contribution in [1.82, 2.24) is 19.5 Å². The lowest BCUT2D eigenvalue weighted by atomic mass is 9.91. The first kappa shape index (κ1) is 29.3. The van der Waals surface area contributed by atoms with Gasteiger partial charge in [-0.3, -0.25) is 19.1 Å². The molecular formula is C30H29ClFN5O4S. The quantitative estimate of drug-likeness (QED) is 0.193. The maximum atomic E-state index is 14.8. The zero-order valence-electron chi connectivity index (χ0n) is 22.9. The van der Waals surface area contributed by atoms with Crippen molar-refractivity contribution < 1.29 is 12.8 Å². The fourth-order valence-corrected chi connectivity index (χ4v) is 6.07. The molecule has 2 heterocycles. The molecule has 0 saturated carbocycles. The van der Waals surface area contributed by atoms with Gasteiger partial charge in [-0.25, -0.2) is 22.6 Å². The minimum absolute atomic E-state index is 0.0289. The van der Waals surface area contributed by atoms with Gasteiger partial charge in [0.15, 0.2) is 5.65 Å². The van der Waals surface area contributed by atoms with Crippen molar-refractivity contribution in [2.24, 2.45) is 0 Å². The SMILES string of the molecule is CCCCn1c(=O)[nH]c(=O)c2[nH]c([C@H](Cc3ccccc3F)c3ccc(NS(=O)(=O)c4ccc(C)c(Cl)c4)cc3)nc21. The Balaban J connectivity index is 1.54. The third-order valence-electron chi connectivity index (χ3n) is 7.12. The van der Waals surface area contributed by atoms with Crippen LogP contribution in [0.2, 0.25) is 5.02 Å². The number of nitrogens with zero attached hydrogens (tertiary/aromatic N) is 2. The number of unbranched alkanes of at least 4 members (excludes halogenated alkanes) is 1. The van der Waals surface area contributed by atoms with E-state index in [0.717, 1.165) is 12.0 Å². The smallest absolute Gasteiger partial charge is 0.330 e. The van der Waals surface area contributed by atoms with Gasteiger partial charge in [0.05, 0.1) is 4.90 Å². The maximum absolute atomic E-state index is 14.8. The van der Waals surface area contributed by atoms with E-state index >= 15 is 0 Å². The molecule has 0 aliphatic carbocycles. The molecule has 0 amide bonds. The Hall–Kier alpha value is -4.22. The van der Waals surface area contributed by atoms with E-state index in [1.54, 1.807) is 55.5 Å². The number of halogens is 2. The van der Waals surface area contributed by atoms with Gasteiger partial charge in [0.1, 0.15) is 17.2 Å². The van der Waals surface area contributed by atoms with Crippen LogP contribution in [-0.2, 0) is 23.0 Å². The summed E-state index contributed by atoms with van der Waals surface area (Å²) >= 11 is 6.13. The van der Waals surface area contributed by atoms with Crippen LogP contribution in [0.5, 0.6) is 0 Å². The Kier molecular flexibility index (Phi) is 8.33. The molecule has 0 radical (unpaired) electrons. The van der Waals surface area contributed by atoms with Crippen molar-refractivity contribution >= 4 is 38.5 Å². The van der Waals surface area contributed by atoms with E-state index in [9.17, 15) is 22.4 Å². The predicted molar refractivity (Wildman–Crippen MR) is 161 cm³/mol. The molecule has 5 aromatic rings. The van der Waals surface area contributed by atoms with Gasteiger partial charge in [0.2, 0.25) is 0 Å². The molecule has 0 aliphatic heterocycles. The average Bonchev–Trinajstić information content (AvgIpc) is 3.40.